The topological polar surface area (TPSA) is 97.4 Å². The van der Waals surface area contributed by atoms with E-state index >= 15 is 0 Å². The Morgan fingerprint density at radius 3 is 2.34 bits per heavy atom. The van der Waals surface area contributed by atoms with E-state index < -0.39 is 10.0 Å². The van der Waals surface area contributed by atoms with Gasteiger partial charge in [0.2, 0.25) is 5.91 Å². The maximum Gasteiger partial charge on any atom is 0.261 e. The van der Waals surface area contributed by atoms with Crippen molar-refractivity contribution in [2.75, 3.05) is 17.1 Å². The molecule has 0 radical (unpaired) electrons. The molecule has 0 aliphatic heterocycles. The largest absolute Gasteiger partial charge is 0.497 e. The fourth-order valence-electron chi connectivity index (χ4n) is 3.11. The quantitative estimate of drug-likeness (QED) is 0.271. The number of thiazole rings is 1. The normalized spacial score (nSPS) is 12.1. The molecule has 0 spiro atoms. The molecule has 3 aromatic carbocycles. The summed E-state index contributed by atoms with van der Waals surface area (Å²) in [6, 6.07) is 22.7. The van der Waals surface area contributed by atoms with Gasteiger partial charge in [-0.3, -0.25) is 9.52 Å². The van der Waals surface area contributed by atoms with Crippen molar-refractivity contribution < 1.29 is 17.9 Å². The summed E-state index contributed by atoms with van der Waals surface area (Å²) < 4.78 is 32.7. The Morgan fingerprint density at radius 1 is 1.00 bits per heavy atom. The number of methoxy groups -OCH3 is 1. The van der Waals surface area contributed by atoms with E-state index in [2.05, 4.69) is 15.0 Å². The minimum atomic E-state index is -3.65. The molecule has 4 rings (SSSR count). The van der Waals surface area contributed by atoms with Gasteiger partial charge in [0.05, 0.1) is 22.9 Å². The lowest BCUT2D eigenvalue weighted by Crippen LogP contribution is -2.22. The van der Waals surface area contributed by atoms with E-state index in [-0.39, 0.29) is 16.1 Å². The minimum Gasteiger partial charge on any atom is -0.497 e. The number of thioether (sulfide) groups is 1. The molecule has 0 saturated heterocycles. The smallest absolute Gasteiger partial charge is 0.261 e. The average Bonchev–Trinajstić information content (AvgIpc) is 3.34. The molecule has 1 aromatic heterocycles. The van der Waals surface area contributed by atoms with Crippen molar-refractivity contribution in [2.45, 2.75) is 22.0 Å². The number of carbonyl (C=O) groups is 1. The first-order valence-corrected chi connectivity index (χ1v) is 13.8. The van der Waals surface area contributed by atoms with Crippen molar-refractivity contribution in [3.05, 3.63) is 84.2 Å². The molecule has 1 unspecified atom stereocenters. The van der Waals surface area contributed by atoms with Crippen molar-refractivity contribution in [1.82, 2.24) is 4.98 Å². The van der Waals surface area contributed by atoms with Gasteiger partial charge in [-0.05, 0) is 67.6 Å². The maximum absolute atomic E-state index is 12.7. The van der Waals surface area contributed by atoms with E-state index in [9.17, 15) is 13.2 Å². The number of hydrogen-bond acceptors (Lipinski definition) is 7. The zero-order chi connectivity index (χ0) is 24.8. The molecule has 0 saturated carbocycles. The van der Waals surface area contributed by atoms with Crippen LogP contribution in [0, 0.1) is 0 Å². The summed E-state index contributed by atoms with van der Waals surface area (Å²) in [4.78, 5) is 18.2. The molecule has 7 nitrogen and oxygen atoms in total. The number of aromatic nitrogens is 1. The van der Waals surface area contributed by atoms with Crippen LogP contribution in [0.4, 0.5) is 10.8 Å². The third-order valence-electron chi connectivity index (χ3n) is 4.96. The molecule has 2 N–H and O–H groups in total. The van der Waals surface area contributed by atoms with Crippen LogP contribution in [0.5, 0.6) is 5.75 Å². The van der Waals surface area contributed by atoms with Gasteiger partial charge < -0.3 is 10.1 Å². The van der Waals surface area contributed by atoms with Gasteiger partial charge in [-0.1, -0.05) is 18.2 Å². The fourth-order valence-corrected chi connectivity index (χ4v) is 5.78. The van der Waals surface area contributed by atoms with E-state index in [4.69, 9.17) is 4.74 Å². The summed E-state index contributed by atoms with van der Waals surface area (Å²) in [7, 11) is -2.03. The van der Waals surface area contributed by atoms with Crippen LogP contribution in [-0.4, -0.2) is 31.7 Å². The Labute approximate surface area is 212 Å². The molecule has 10 heteroatoms. The van der Waals surface area contributed by atoms with Gasteiger partial charge in [0.25, 0.3) is 10.0 Å². The monoisotopic (exact) mass is 525 g/mol. The van der Waals surface area contributed by atoms with Crippen molar-refractivity contribution in [3.8, 4) is 17.0 Å². The van der Waals surface area contributed by atoms with Crippen molar-refractivity contribution in [2.24, 2.45) is 0 Å². The van der Waals surface area contributed by atoms with Gasteiger partial charge in [0, 0.05) is 21.5 Å². The molecule has 0 fully saturated rings. The molecule has 1 heterocycles. The van der Waals surface area contributed by atoms with Crippen molar-refractivity contribution in [1.29, 1.82) is 0 Å². The number of ether oxygens (including phenoxy) is 1. The Kier molecular flexibility index (Phi) is 7.74. The molecule has 0 aliphatic rings. The lowest BCUT2D eigenvalue weighted by atomic mass is 10.2. The van der Waals surface area contributed by atoms with E-state index in [0.717, 1.165) is 21.9 Å². The Balaban J connectivity index is 1.33. The summed E-state index contributed by atoms with van der Waals surface area (Å²) in [6.45, 7) is 1.81. The highest BCUT2D eigenvalue weighted by Gasteiger charge is 2.17. The number of rotatable bonds is 9. The molecular weight excluding hydrogens is 502 g/mol. The summed E-state index contributed by atoms with van der Waals surface area (Å²) in [5.41, 5.74) is 2.17. The first-order valence-electron chi connectivity index (χ1n) is 10.6. The minimum absolute atomic E-state index is 0.167. The van der Waals surface area contributed by atoms with Crippen LogP contribution in [-0.2, 0) is 14.8 Å². The second-order valence-corrected chi connectivity index (χ2v) is 11.4. The highest BCUT2D eigenvalue weighted by molar-refractivity contribution is 8.00. The van der Waals surface area contributed by atoms with Gasteiger partial charge in [-0.15, -0.1) is 23.1 Å². The van der Waals surface area contributed by atoms with Gasteiger partial charge in [-0.2, -0.15) is 0 Å². The van der Waals surface area contributed by atoms with Crippen LogP contribution in [0.2, 0.25) is 0 Å². The molecule has 0 aliphatic carbocycles. The Bertz CT molecular complexity index is 1390. The van der Waals surface area contributed by atoms with Crippen LogP contribution < -0.4 is 14.8 Å². The predicted molar refractivity (Wildman–Crippen MR) is 142 cm³/mol. The highest BCUT2D eigenvalue weighted by Crippen LogP contribution is 2.29. The number of carbonyl (C=O) groups excluding carboxylic acids is 1. The molecule has 4 aromatic rings. The lowest BCUT2D eigenvalue weighted by molar-refractivity contribution is -0.115. The summed E-state index contributed by atoms with van der Waals surface area (Å²) in [5.74, 6) is 0.601. The zero-order valence-electron chi connectivity index (χ0n) is 19.0. The second-order valence-electron chi connectivity index (χ2n) is 7.46. The predicted octanol–water partition coefficient (Wildman–Crippen LogP) is 5.74. The van der Waals surface area contributed by atoms with Crippen LogP contribution >= 0.6 is 23.1 Å². The van der Waals surface area contributed by atoms with Crippen LogP contribution in [0.15, 0.2) is 94.0 Å². The van der Waals surface area contributed by atoms with Gasteiger partial charge in [0.15, 0.2) is 5.13 Å². The zero-order valence-corrected chi connectivity index (χ0v) is 21.4. The van der Waals surface area contributed by atoms with Gasteiger partial charge >= 0.3 is 0 Å². The first kappa shape index (κ1) is 24.8. The number of sulfonamides is 1. The second kappa shape index (κ2) is 10.9. The number of benzene rings is 3. The van der Waals surface area contributed by atoms with E-state index in [1.54, 1.807) is 49.6 Å². The van der Waals surface area contributed by atoms with Crippen LogP contribution in [0.3, 0.4) is 0 Å². The van der Waals surface area contributed by atoms with Crippen LogP contribution in [0.25, 0.3) is 11.3 Å². The SMILES string of the molecule is COc1ccc(-c2csc(NC(=O)C(C)Sc3ccc(NS(=O)(=O)c4ccccc4)cc3)n2)cc1. The number of hydrogen-bond donors (Lipinski definition) is 2. The van der Waals surface area contributed by atoms with Crippen molar-refractivity contribution >= 4 is 49.8 Å². The molecular formula is C25H23N3O4S3. The highest BCUT2D eigenvalue weighted by atomic mass is 32.2. The van der Waals surface area contributed by atoms with Crippen LogP contribution in [0.1, 0.15) is 6.92 Å². The van der Waals surface area contributed by atoms with E-state index in [1.807, 2.05) is 36.6 Å². The standard InChI is InChI=1S/C25H23N3O4S3/c1-17(24(29)27-25-26-23(16-33-25)18-8-12-20(32-2)13-9-18)34-21-14-10-19(11-15-21)28-35(30,31)22-6-4-3-5-7-22/h3-17,28H,1-2H3,(H,26,27,29). The third-order valence-corrected chi connectivity index (χ3v) is 8.23. The lowest BCUT2D eigenvalue weighted by Gasteiger charge is -2.12. The third kappa shape index (κ3) is 6.41. The number of anilines is 2. The molecule has 180 valence electrons. The number of nitrogens with one attached hydrogen (secondary N) is 2. The van der Waals surface area contributed by atoms with Crippen molar-refractivity contribution in [3.63, 3.8) is 0 Å². The number of amides is 1. The van der Waals surface area contributed by atoms with E-state index in [0.29, 0.717) is 10.8 Å². The number of nitrogens with zero attached hydrogens (tertiary/aromatic N) is 1. The van der Waals surface area contributed by atoms with Gasteiger partial charge in [0.1, 0.15) is 5.75 Å². The van der Waals surface area contributed by atoms with E-state index in [1.165, 1.54) is 35.2 Å². The summed E-state index contributed by atoms with van der Waals surface area (Å²) in [5, 5.41) is 4.91. The summed E-state index contributed by atoms with van der Waals surface area (Å²) in [6.07, 6.45) is 0. The average molecular weight is 526 g/mol. The molecule has 35 heavy (non-hydrogen) atoms. The maximum atomic E-state index is 12.7. The molecule has 0 bridgehead atoms. The Morgan fingerprint density at radius 2 is 1.69 bits per heavy atom. The molecule has 1 amide bonds. The molecule has 1 atom stereocenters. The summed E-state index contributed by atoms with van der Waals surface area (Å²) >= 11 is 2.74. The fraction of sp³-hybridized carbons (Fsp3) is 0.120. The Hall–Kier alpha value is -3.34. The first-order chi connectivity index (χ1) is 16.8. The van der Waals surface area contributed by atoms with Gasteiger partial charge in [-0.25, -0.2) is 13.4 Å².